The highest BCUT2D eigenvalue weighted by Gasteiger charge is 2.53. The van der Waals surface area contributed by atoms with E-state index in [1.807, 2.05) is 0 Å². The van der Waals surface area contributed by atoms with Crippen LogP contribution in [0.4, 0.5) is 0 Å². The topological polar surface area (TPSA) is 15.3 Å². The second kappa shape index (κ2) is 5.96. The van der Waals surface area contributed by atoms with Gasteiger partial charge in [-0.05, 0) is 88.3 Å². The van der Waals surface area contributed by atoms with E-state index in [1.54, 1.807) is 19.3 Å². The molecule has 2 heteroatoms. The normalized spacial score (nSPS) is 40.5. The SMILES string of the molecule is CCCNC(CN(C)CC)C12CC3CC(CC(C3)C1)C2. The van der Waals surface area contributed by atoms with Gasteiger partial charge in [-0.15, -0.1) is 0 Å². The van der Waals surface area contributed by atoms with Crippen LogP contribution in [-0.2, 0) is 0 Å². The summed E-state index contributed by atoms with van der Waals surface area (Å²) < 4.78 is 0. The summed E-state index contributed by atoms with van der Waals surface area (Å²) in [4.78, 5) is 2.52. The summed E-state index contributed by atoms with van der Waals surface area (Å²) >= 11 is 0. The van der Waals surface area contributed by atoms with E-state index in [2.05, 4.69) is 31.1 Å². The van der Waals surface area contributed by atoms with Crippen molar-refractivity contribution in [1.29, 1.82) is 0 Å². The van der Waals surface area contributed by atoms with Crippen molar-refractivity contribution < 1.29 is 0 Å². The summed E-state index contributed by atoms with van der Waals surface area (Å²) in [6.07, 6.45) is 10.5. The fourth-order valence-electron chi connectivity index (χ4n) is 5.84. The van der Waals surface area contributed by atoms with Crippen LogP contribution in [0.15, 0.2) is 0 Å². The van der Waals surface area contributed by atoms with Gasteiger partial charge in [0.05, 0.1) is 0 Å². The van der Waals surface area contributed by atoms with Gasteiger partial charge >= 0.3 is 0 Å². The van der Waals surface area contributed by atoms with Gasteiger partial charge in [0.25, 0.3) is 0 Å². The zero-order valence-corrected chi connectivity index (χ0v) is 13.8. The monoisotopic (exact) mass is 278 g/mol. The maximum Gasteiger partial charge on any atom is 0.0251 e. The molecule has 4 aliphatic carbocycles. The number of nitrogens with one attached hydrogen (secondary N) is 1. The third-order valence-corrected chi connectivity index (χ3v) is 6.50. The summed E-state index contributed by atoms with van der Waals surface area (Å²) in [5, 5.41) is 3.95. The molecule has 2 nitrogen and oxygen atoms in total. The summed E-state index contributed by atoms with van der Waals surface area (Å²) in [6, 6.07) is 0.737. The van der Waals surface area contributed by atoms with Crippen molar-refractivity contribution in [1.82, 2.24) is 10.2 Å². The lowest BCUT2D eigenvalue weighted by Gasteiger charge is -2.60. The maximum absolute atomic E-state index is 3.95. The minimum absolute atomic E-state index is 0.646. The van der Waals surface area contributed by atoms with Crippen LogP contribution >= 0.6 is 0 Å². The zero-order valence-electron chi connectivity index (χ0n) is 13.8. The van der Waals surface area contributed by atoms with Crippen LogP contribution in [0.5, 0.6) is 0 Å². The zero-order chi connectivity index (χ0) is 14.2. The van der Waals surface area contributed by atoms with Crippen molar-refractivity contribution >= 4 is 0 Å². The minimum Gasteiger partial charge on any atom is -0.312 e. The van der Waals surface area contributed by atoms with E-state index < -0.39 is 0 Å². The van der Waals surface area contributed by atoms with Gasteiger partial charge in [0, 0.05) is 12.6 Å². The Bertz CT molecular complexity index is 290. The predicted octanol–water partition coefficient (Wildman–Crippen LogP) is 3.52. The quantitative estimate of drug-likeness (QED) is 0.766. The average Bonchev–Trinajstić information content (AvgIpc) is 2.41. The average molecular weight is 278 g/mol. The van der Waals surface area contributed by atoms with Crippen LogP contribution in [0.3, 0.4) is 0 Å². The van der Waals surface area contributed by atoms with Crippen LogP contribution < -0.4 is 5.32 Å². The summed E-state index contributed by atoms with van der Waals surface area (Å²) in [7, 11) is 2.29. The van der Waals surface area contributed by atoms with Gasteiger partial charge in [0.2, 0.25) is 0 Å². The first kappa shape index (κ1) is 14.8. The molecule has 0 spiro atoms. The van der Waals surface area contributed by atoms with Crippen LogP contribution in [-0.4, -0.2) is 37.6 Å². The predicted molar refractivity (Wildman–Crippen MR) is 85.9 cm³/mol. The number of hydrogen-bond acceptors (Lipinski definition) is 2. The van der Waals surface area contributed by atoms with E-state index in [0.717, 1.165) is 23.8 Å². The Labute approximate surface area is 125 Å². The molecule has 0 heterocycles. The molecular formula is C18H34N2. The van der Waals surface area contributed by atoms with Gasteiger partial charge in [-0.2, -0.15) is 0 Å². The smallest absolute Gasteiger partial charge is 0.0251 e. The third kappa shape index (κ3) is 2.78. The number of likely N-dealkylation sites (N-methyl/N-ethyl adjacent to an activating group) is 1. The molecule has 4 bridgehead atoms. The van der Waals surface area contributed by atoms with Crippen LogP contribution in [0.1, 0.15) is 58.8 Å². The Morgan fingerprint density at radius 2 is 1.60 bits per heavy atom. The van der Waals surface area contributed by atoms with Crippen LogP contribution in [0, 0.1) is 23.2 Å². The molecule has 4 fully saturated rings. The lowest BCUT2D eigenvalue weighted by atomic mass is 9.47. The van der Waals surface area contributed by atoms with Crippen LogP contribution in [0.25, 0.3) is 0 Å². The Hall–Kier alpha value is -0.0800. The third-order valence-electron chi connectivity index (χ3n) is 6.50. The molecule has 0 amide bonds. The standard InChI is InChI=1S/C18H34N2/c1-4-6-19-17(13-20(3)5-2)18-10-14-7-15(11-18)9-16(8-14)12-18/h14-17,19H,4-13H2,1-3H3. The molecule has 0 aromatic carbocycles. The van der Waals surface area contributed by atoms with E-state index in [9.17, 15) is 0 Å². The molecular weight excluding hydrogens is 244 g/mol. The van der Waals surface area contributed by atoms with E-state index in [1.165, 1.54) is 45.3 Å². The molecule has 116 valence electrons. The summed E-state index contributed by atoms with van der Waals surface area (Å²) in [5.74, 6) is 3.21. The van der Waals surface area contributed by atoms with E-state index >= 15 is 0 Å². The molecule has 1 N–H and O–H groups in total. The maximum atomic E-state index is 3.95. The van der Waals surface area contributed by atoms with Crippen molar-refractivity contribution in [3.05, 3.63) is 0 Å². The number of rotatable bonds is 7. The summed E-state index contributed by atoms with van der Waals surface area (Å²) in [5.41, 5.74) is 0.646. The Kier molecular flexibility index (Phi) is 4.42. The lowest BCUT2D eigenvalue weighted by Crippen LogP contribution is -2.59. The molecule has 0 aliphatic heterocycles. The molecule has 0 saturated heterocycles. The molecule has 0 aromatic heterocycles. The van der Waals surface area contributed by atoms with E-state index in [0.29, 0.717) is 5.41 Å². The molecule has 4 aliphatic rings. The minimum atomic E-state index is 0.646. The fraction of sp³-hybridized carbons (Fsp3) is 1.00. The van der Waals surface area contributed by atoms with Crippen molar-refractivity contribution in [2.24, 2.45) is 23.2 Å². The first-order valence-corrected chi connectivity index (χ1v) is 9.07. The van der Waals surface area contributed by atoms with Crippen molar-refractivity contribution in [3.63, 3.8) is 0 Å². The van der Waals surface area contributed by atoms with Crippen LogP contribution in [0.2, 0.25) is 0 Å². The van der Waals surface area contributed by atoms with E-state index in [4.69, 9.17) is 0 Å². The first-order chi connectivity index (χ1) is 9.65. The second-order valence-corrected chi connectivity index (χ2v) is 8.14. The van der Waals surface area contributed by atoms with Gasteiger partial charge in [-0.3, -0.25) is 0 Å². The molecule has 4 rings (SSSR count). The largest absolute Gasteiger partial charge is 0.312 e. The molecule has 0 radical (unpaired) electrons. The van der Waals surface area contributed by atoms with Gasteiger partial charge in [0.1, 0.15) is 0 Å². The highest BCUT2D eigenvalue weighted by Crippen LogP contribution is 2.61. The highest BCUT2D eigenvalue weighted by molar-refractivity contribution is 5.06. The molecule has 1 unspecified atom stereocenters. The molecule has 1 atom stereocenters. The van der Waals surface area contributed by atoms with Crippen molar-refractivity contribution in [2.45, 2.75) is 64.8 Å². The fourth-order valence-corrected chi connectivity index (χ4v) is 5.84. The molecule has 4 saturated carbocycles. The Balaban J connectivity index is 1.74. The Morgan fingerprint density at radius 3 is 2.05 bits per heavy atom. The van der Waals surface area contributed by atoms with Gasteiger partial charge in [-0.25, -0.2) is 0 Å². The molecule has 20 heavy (non-hydrogen) atoms. The lowest BCUT2D eigenvalue weighted by molar-refractivity contribution is -0.0776. The summed E-state index contributed by atoms with van der Waals surface area (Å²) in [6.45, 7) is 8.22. The highest BCUT2D eigenvalue weighted by atomic mass is 15.1. The van der Waals surface area contributed by atoms with Gasteiger partial charge in [0.15, 0.2) is 0 Å². The Morgan fingerprint density at radius 1 is 1.05 bits per heavy atom. The van der Waals surface area contributed by atoms with Gasteiger partial charge < -0.3 is 10.2 Å². The first-order valence-electron chi connectivity index (χ1n) is 9.07. The molecule has 0 aromatic rings. The number of hydrogen-bond donors (Lipinski definition) is 1. The number of nitrogens with zero attached hydrogens (tertiary/aromatic N) is 1. The van der Waals surface area contributed by atoms with Gasteiger partial charge in [-0.1, -0.05) is 13.8 Å². The van der Waals surface area contributed by atoms with E-state index in [-0.39, 0.29) is 0 Å². The second-order valence-electron chi connectivity index (χ2n) is 8.14. The van der Waals surface area contributed by atoms with Crippen molar-refractivity contribution in [2.75, 3.05) is 26.7 Å². The van der Waals surface area contributed by atoms with Crippen molar-refractivity contribution in [3.8, 4) is 0 Å².